The Labute approximate surface area is 210 Å². The van der Waals surface area contributed by atoms with Crippen molar-refractivity contribution >= 4 is 11.7 Å². The number of phenolic OH excluding ortho intramolecular Hbond substituents is 1. The number of ketones is 1. The van der Waals surface area contributed by atoms with Gasteiger partial charge >= 0.3 is 0 Å². The van der Waals surface area contributed by atoms with Gasteiger partial charge < -0.3 is 14.7 Å². The predicted octanol–water partition coefficient (Wildman–Crippen LogP) is 5.89. The van der Waals surface area contributed by atoms with Gasteiger partial charge in [0.05, 0.1) is 18.3 Å². The summed E-state index contributed by atoms with van der Waals surface area (Å²) in [5.41, 5.74) is 3.61. The van der Waals surface area contributed by atoms with E-state index in [0.717, 1.165) is 11.1 Å². The molecule has 1 heterocycles. The van der Waals surface area contributed by atoms with E-state index in [9.17, 15) is 14.7 Å². The summed E-state index contributed by atoms with van der Waals surface area (Å²) in [6, 6.07) is 31.2. The van der Waals surface area contributed by atoms with Crippen LogP contribution in [0.4, 0.5) is 0 Å². The van der Waals surface area contributed by atoms with Crippen molar-refractivity contribution in [2.75, 3.05) is 19.7 Å². The van der Waals surface area contributed by atoms with E-state index in [0.29, 0.717) is 48.4 Å². The number of carbonyl (C=O) groups is 2. The number of carbonyl (C=O) groups excluding carboxylic acids is 2. The van der Waals surface area contributed by atoms with E-state index < -0.39 is 0 Å². The van der Waals surface area contributed by atoms with E-state index in [1.165, 1.54) is 6.07 Å². The number of hydrogen-bond acceptors (Lipinski definition) is 4. The highest BCUT2D eigenvalue weighted by atomic mass is 16.5. The molecule has 1 unspecified atom stereocenters. The van der Waals surface area contributed by atoms with Crippen LogP contribution >= 0.6 is 0 Å². The zero-order valence-corrected chi connectivity index (χ0v) is 19.8. The second-order valence-electron chi connectivity index (χ2n) is 8.82. The van der Waals surface area contributed by atoms with E-state index in [-0.39, 0.29) is 23.5 Å². The molecule has 5 nitrogen and oxygen atoms in total. The first-order valence-electron chi connectivity index (χ1n) is 12.1. The zero-order valence-electron chi connectivity index (χ0n) is 19.8. The smallest absolute Gasteiger partial charge is 0.254 e. The van der Waals surface area contributed by atoms with Crippen LogP contribution in [0, 0.1) is 0 Å². The standard InChI is InChI=1S/C31H27NO4/c33-28-16-15-24(21-27(28)22-9-3-1-4-10-22)30(34)25-13-7-8-14-26(25)31(35)32-18-17-29(36-20-19-32)23-11-5-2-6-12-23/h1-16,21,29,33H,17-20H2. The first kappa shape index (κ1) is 23.5. The summed E-state index contributed by atoms with van der Waals surface area (Å²) in [6.45, 7) is 1.43. The maximum atomic E-state index is 13.6. The van der Waals surface area contributed by atoms with Crippen LogP contribution in [0.1, 0.15) is 44.4 Å². The molecule has 1 aliphatic heterocycles. The second-order valence-corrected chi connectivity index (χ2v) is 8.82. The van der Waals surface area contributed by atoms with Gasteiger partial charge in [0, 0.05) is 29.8 Å². The van der Waals surface area contributed by atoms with Crippen molar-refractivity contribution in [3.63, 3.8) is 0 Å². The molecule has 1 aliphatic rings. The molecule has 0 radical (unpaired) electrons. The summed E-state index contributed by atoms with van der Waals surface area (Å²) in [5, 5.41) is 10.4. The van der Waals surface area contributed by atoms with Crippen LogP contribution in [0.5, 0.6) is 5.75 Å². The number of phenols is 1. The van der Waals surface area contributed by atoms with Gasteiger partial charge in [-0.15, -0.1) is 0 Å². The van der Waals surface area contributed by atoms with Crippen LogP contribution in [0.3, 0.4) is 0 Å². The zero-order chi connectivity index (χ0) is 24.9. The highest BCUT2D eigenvalue weighted by Crippen LogP contribution is 2.31. The van der Waals surface area contributed by atoms with Gasteiger partial charge in [0.25, 0.3) is 5.91 Å². The predicted molar refractivity (Wildman–Crippen MR) is 139 cm³/mol. The Morgan fingerprint density at radius 3 is 2.19 bits per heavy atom. The largest absolute Gasteiger partial charge is 0.507 e. The first-order valence-corrected chi connectivity index (χ1v) is 12.1. The summed E-state index contributed by atoms with van der Waals surface area (Å²) < 4.78 is 6.03. The molecular formula is C31H27NO4. The van der Waals surface area contributed by atoms with E-state index in [2.05, 4.69) is 0 Å². The monoisotopic (exact) mass is 477 g/mol. The molecule has 0 spiro atoms. The third-order valence-electron chi connectivity index (χ3n) is 6.55. The Kier molecular flexibility index (Phi) is 6.92. The average Bonchev–Trinajstić information content (AvgIpc) is 3.20. The molecule has 1 N–H and O–H groups in total. The fourth-order valence-corrected chi connectivity index (χ4v) is 4.63. The van der Waals surface area contributed by atoms with E-state index in [4.69, 9.17) is 4.74 Å². The molecule has 180 valence electrons. The van der Waals surface area contributed by atoms with Gasteiger partial charge in [-0.2, -0.15) is 0 Å². The lowest BCUT2D eigenvalue weighted by atomic mass is 9.94. The molecule has 36 heavy (non-hydrogen) atoms. The van der Waals surface area contributed by atoms with Gasteiger partial charge in [0.2, 0.25) is 0 Å². The number of rotatable bonds is 5. The van der Waals surface area contributed by atoms with E-state index in [1.807, 2.05) is 60.7 Å². The minimum absolute atomic E-state index is 0.0609. The van der Waals surface area contributed by atoms with Crippen molar-refractivity contribution in [1.29, 1.82) is 0 Å². The number of ether oxygens (including phenoxy) is 1. The molecule has 1 saturated heterocycles. The quantitative estimate of drug-likeness (QED) is 0.364. The fraction of sp³-hybridized carbons (Fsp3) is 0.161. The molecule has 0 aliphatic carbocycles. The molecule has 5 rings (SSSR count). The molecule has 0 bridgehead atoms. The third-order valence-corrected chi connectivity index (χ3v) is 6.55. The normalized spacial score (nSPS) is 15.8. The summed E-state index contributed by atoms with van der Waals surface area (Å²) in [4.78, 5) is 28.9. The van der Waals surface area contributed by atoms with E-state index >= 15 is 0 Å². The van der Waals surface area contributed by atoms with Crippen LogP contribution in [0.2, 0.25) is 0 Å². The van der Waals surface area contributed by atoms with Crippen molar-refractivity contribution in [2.45, 2.75) is 12.5 Å². The average molecular weight is 478 g/mol. The molecule has 4 aromatic carbocycles. The van der Waals surface area contributed by atoms with Gasteiger partial charge in [-0.3, -0.25) is 9.59 Å². The lowest BCUT2D eigenvalue weighted by Crippen LogP contribution is -2.34. The number of benzene rings is 4. The van der Waals surface area contributed by atoms with E-state index in [1.54, 1.807) is 41.3 Å². The molecule has 0 aromatic heterocycles. The SMILES string of the molecule is O=C(c1ccc(O)c(-c2ccccc2)c1)c1ccccc1C(=O)N1CCOC(c2ccccc2)CC1. The van der Waals surface area contributed by atoms with Crippen LogP contribution in [0.15, 0.2) is 103 Å². The molecule has 5 heteroatoms. The third kappa shape index (κ3) is 4.92. The Hall–Kier alpha value is -4.22. The Bertz CT molecular complexity index is 1370. The summed E-state index contributed by atoms with van der Waals surface area (Å²) in [7, 11) is 0. The Balaban J connectivity index is 1.39. The van der Waals surface area contributed by atoms with Gasteiger partial charge in [0.15, 0.2) is 5.78 Å². The lowest BCUT2D eigenvalue weighted by Gasteiger charge is -2.21. The van der Waals surface area contributed by atoms with Gasteiger partial charge in [-0.05, 0) is 41.8 Å². The maximum Gasteiger partial charge on any atom is 0.254 e. The molecule has 1 fully saturated rings. The van der Waals surface area contributed by atoms with Crippen LogP contribution in [-0.4, -0.2) is 41.4 Å². The van der Waals surface area contributed by atoms with Crippen LogP contribution < -0.4 is 0 Å². The molecule has 1 amide bonds. The number of amides is 1. The van der Waals surface area contributed by atoms with Crippen molar-refractivity contribution < 1.29 is 19.4 Å². The topological polar surface area (TPSA) is 66.8 Å². The first-order chi connectivity index (χ1) is 17.6. The lowest BCUT2D eigenvalue weighted by molar-refractivity contribution is 0.0584. The van der Waals surface area contributed by atoms with Crippen molar-refractivity contribution in [1.82, 2.24) is 4.90 Å². The van der Waals surface area contributed by atoms with Gasteiger partial charge in [0.1, 0.15) is 5.75 Å². The van der Waals surface area contributed by atoms with Crippen LogP contribution in [-0.2, 0) is 4.74 Å². The molecule has 0 saturated carbocycles. The Morgan fingerprint density at radius 2 is 1.44 bits per heavy atom. The molecule has 1 atom stereocenters. The summed E-state index contributed by atoms with van der Waals surface area (Å²) >= 11 is 0. The van der Waals surface area contributed by atoms with Crippen molar-refractivity contribution in [2.24, 2.45) is 0 Å². The highest BCUT2D eigenvalue weighted by Gasteiger charge is 2.26. The number of hydrogen-bond donors (Lipinski definition) is 1. The van der Waals surface area contributed by atoms with Crippen LogP contribution in [0.25, 0.3) is 11.1 Å². The minimum Gasteiger partial charge on any atom is -0.507 e. The number of aromatic hydroxyl groups is 1. The summed E-state index contributed by atoms with van der Waals surface area (Å²) in [5.74, 6) is -0.345. The van der Waals surface area contributed by atoms with Gasteiger partial charge in [-0.25, -0.2) is 0 Å². The summed E-state index contributed by atoms with van der Waals surface area (Å²) in [6.07, 6.45) is 0.624. The highest BCUT2D eigenvalue weighted by molar-refractivity contribution is 6.15. The second kappa shape index (κ2) is 10.6. The molecule has 4 aromatic rings. The Morgan fingerprint density at radius 1 is 0.778 bits per heavy atom. The van der Waals surface area contributed by atoms with Crippen molar-refractivity contribution in [3.8, 4) is 16.9 Å². The van der Waals surface area contributed by atoms with Gasteiger partial charge in [-0.1, -0.05) is 78.9 Å². The minimum atomic E-state index is -0.260. The van der Waals surface area contributed by atoms with Crippen molar-refractivity contribution in [3.05, 3.63) is 125 Å². The maximum absolute atomic E-state index is 13.6. The number of nitrogens with zero attached hydrogens (tertiary/aromatic N) is 1. The molecular weight excluding hydrogens is 450 g/mol. The fourth-order valence-electron chi connectivity index (χ4n) is 4.63.